The Morgan fingerprint density at radius 1 is 1.05 bits per heavy atom. The summed E-state index contributed by atoms with van der Waals surface area (Å²) in [5.74, 6) is 1.06. The Labute approximate surface area is 119 Å². The van der Waals surface area contributed by atoms with E-state index in [1.54, 1.807) is 0 Å². The molecule has 0 bridgehead atoms. The minimum absolute atomic E-state index is 0.293. The predicted molar refractivity (Wildman–Crippen MR) is 79.8 cm³/mol. The maximum absolute atomic E-state index is 9.45. The Morgan fingerprint density at radius 2 is 1.68 bits per heavy atom. The van der Waals surface area contributed by atoms with Crippen molar-refractivity contribution in [2.24, 2.45) is 11.8 Å². The van der Waals surface area contributed by atoms with E-state index in [0.29, 0.717) is 12.0 Å². The van der Waals surface area contributed by atoms with Gasteiger partial charge in [-0.15, -0.1) is 0 Å². The van der Waals surface area contributed by atoms with Crippen molar-refractivity contribution in [3.8, 4) is 6.07 Å². The molecule has 0 aliphatic heterocycles. The number of rotatable bonds is 5. The van der Waals surface area contributed by atoms with E-state index in [-0.39, 0.29) is 0 Å². The van der Waals surface area contributed by atoms with Crippen molar-refractivity contribution >= 4 is 0 Å². The van der Waals surface area contributed by atoms with Crippen LogP contribution in [0.1, 0.15) is 71.6 Å². The molecule has 0 spiro atoms. The van der Waals surface area contributed by atoms with Crippen LogP contribution in [-0.4, -0.2) is 23.5 Å². The van der Waals surface area contributed by atoms with Crippen molar-refractivity contribution in [2.45, 2.75) is 83.7 Å². The largest absolute Gasteiger partial charge is 0.296 e. The van der Waals surface area contributed by atoms with Crippen LogP contribution < -0.4 is 0 Å². The van der Waals surface area contributed by atoms with Crippen LogP contribution in [0.5, 0.6) is 0 Å². The van der Waals surface area contributed by atoms with Gasteiger partial charge >= 0.3 is 0 Å². The first-order valence-electron chi connectivity index (χ1n) is 8.37. The first-order valence-corrected chi connectivity index (χ1v) is 8.37. The molecule has 0 aromatic carbocycles. The lowest BCUT2D eigenvalue weighted by atomic mass is 9.83. The van der Waals surface area contributed by atoms with Crippen LogP contribution in [-0.2, 0) is 0 Å². The molecule has 0 aromatic rings. The molecule has 108 valence electrons. The van der Waals surface area contributed by atoms with Gasteiger partial charge in [0.2, 0.25) is 0 Å². The van der Waals surface area contributed by atoms with E-state index in [4.69, 9.17) is 0 Å². The molecule has 2 unspecified atom stereocenters. The van der Waals surface area contributed by atoms with Crippen molar-refractivity contribution in [3.05, 3.63) is 0 Å². The van der Waals surface area contributed by atoms with Crippen LogP contribution in [0.3, 0.4) is 0 Å². The summed E-state index contributed by atoms with van der Waals surface area (Å²) in [7, 11) is 0. The Kier molecular flexibility index (Phi) is 5.70. The van der Waals surface area contributed by atoms with E-state index >= 15 is 0 Å². The van der Waals surface area contributed by atoms with E-state index in [9.17, 15) is 5.26 Å². The van der Waals surface area contributed by atoms with Gasteiger partial charge in [-0.25, -0.2) is 0 Å². The van der Waals surface area contributed by atoms with E-state index in [0.717, 1.165) is 18.4 Å². The zero-order chi connectivity index (χ0) is 13.7. The SMILES string of the molecule is CC(C)CCN(C1CCCC1)C1CCCCC1C#N. The van der Waals surface area contributed by atoms with Crippen LogP contribution in [0, 0.1) is 23.2 Å². The lowest BCUT2D eigenvalue weighted by Crippen LogP contribution is -2.47. The van der Waals surface area contributed by atoms with Crippen LogP contribution in [0.4, 0.5) is 0 Å². The Balaban J connectivity index is 2.03. The number of hydrogen-bond acceptors (Lipinski definition) is 2. The standard InChI is InChI=1S/C17H30N2/c1-14(2)11-12-19(16-8-4-5-9-16)17-10-6-3-7-15(17)13-18/h14-17H,3-12H2,1-2H3. The molecule has 0 radical (unpaired) electrons. The van der Waals surface area contributed by atoms with Crippen LogP contribution in [0.15, 0.2) is 0 Å². The van der Waals surface area contributed by atoms with Gasteiger partial charge in [-0.3, -0.25) is 4.90 Å². The molecule has 0 aromatic heterocycles. The number of nitrogens with zero attached hydrogens (tertiary/aromatic N) is 2. The Morgan fingerprint density at radius 3 is 2.32 bits per heavy atom. The number of hydrogen-bond donors (Lipinski definition) is 0. The Hall–Kier alpha value is -0.550. The summed E-state index contributed by atoms with van der Waals surface area (Å²) in [6.07, 6.45) is 11.8. The first-order chi connectivity index (χ1) is 9.22. The molecular weight excluding hydrogens is 232 g/mol. The van der Waals surface area contributed by atoms with Gasteiger partial charge in [0.1, 0.15) is 0 Å². The molecular formula is C17H30N2. The first kappa shape index (κ1) is 14.9. The predicted octanol–water partition coefficient (Wildman–Crippen LogP) is 4.36. The number of nitriles is 1. The monoisotopic (exact) mass is 262 g/mol. The zero-order valence-corrected chi connectivity index (χ0v) is 12.8. The normalized spacial score (nSPS) is 29.0. The molecule has 2 saturated carbocycles. The van der Waals surface area contributed by atoms with Gasteiger partial charge in [-0.1, -0.05) is 39.5 Å². The summed E-state index contributed by atoms with van der Waals surface area (Å²) in [5.41, 5.74) is 0. The van der Waals surface area contributed by atoms with E-state index < -0.39 is 0 Å². The minimum atomic E-state index is 0.293. The lowest BCUT2D eigenvalue weighted by Gasteiger charge is -2.41. The quantitative estimate of drug-likeness (QED) is 0.736. The average Bonchev–Trinajstić information content (AvgIpc) is 2.93. The van der Waals surface area contributed by atoms with Crippen LogP contribution in [0.2, 0.25) is 0 Å². The molecule has 2 aliphatic rings. The highest BCUT2D eigenvalue weighted by atomic mass is 15.2. The summed E-state index contributed by atoms with van der Waals surface area (Å²) >= 11 is 0. The van der Waals surface area contributed by atoms with Gasteiger partial charge in [0, 0.05) is 12.1 Å². The third kappa shape index (κ3) is 3.96. The highest BCUT2D eigenvalue weighted by molar-refractivity contribution is 4.97. The highest BCUT2D eigenvalue weighted by Gasteiger charge is 2.34. The summed E-state index contributed by atoms with van der Waals surface area (Å²) in [6.45, 7) is 5.84. The van der Waals surface area contributed by atoms with Gasteiger partial charge in [-0.2, -0.15) is 5.26 Å². The van der Waals surface area contributed by atoms with Gasteiger partial charge in [0.15, 0.2) is 0 Å². The smallest absolute Gasteiger partial charge is 0.0672 e. The lowest BCUT2D eigenvalue weighted by molar-refractivity contribution is 0.0778. The second-order valence-corrected chi connectivity index (χ2v) is 6.95. The highest BCUT2D eigenvalue weighted by Crippen LogP contribution is 2.34. The second kappa shape index (κ2) is 7.29. The molecule has 2 heteroatoms. The average molecular weight is 262 g/mol. The molecule has 19 heavy (non-hydrogen) atoms. The molecule has 2 rings (SSSR count). The molecule has 2 nitrogen and oxygen atoms in total. The minimum Gasteiger partial charge on any atom is -0.296 e. The summed E-state index contributed by atoms with van der Waals surface area (Å²) in [4.78, 5) is 2.75. The fourth-order valence-corrected chi connectivity index (χ4v) is 3.92. The van der Waals surface area contributed by atoms with Crippen molar-refractivity contribution in [3.63, 3.8) is 0 Å². The zero-order valence-electron chi connectivity index (χ0n) is 12.8. The third-order valence-corrected chi connectivity index (χ3v) is 5.08. The Bertz CT molecular complexity index is 299. The van der Waals surface area contributed by atoms with Gasteiger partial charge in [0.05, 0.1) is 12.0 Å². The molecule has 0 N–H and O–H groups in total. The molecule has 2 atom stereocenters. The van der Waals surface area contributed by atoms with Crippen LogP contribution in [0.25, 0.3) is 0 Å². The van der Waals surface area contributed by atoms with Crippen LogP contribution >= 0.6 is 0 Å². The maximum atomic E-state index is 9.45. The summed E-state index contributed by atoms with van der Waals surface area (Å²) in [6, 6.07) is 3.94. The molecule has 2 aliphatic carbocycles. The van der Waals surface area contributed by atoms with Gasteiger partial charge < -0.3 is 0 Å². The van der Waals surface area contributed by atoms with Crippen molar-refractivity contribution in [2.75, 3.05) is 6.54 Å². The van der Waals surface area contributed by atoms with E-state index in [1.165, 1.54) is 57.9 Å². The van der Waals surface area contributed by atoms with E-state index in [2.05, 4.69) is 24.8 Å². The maximum Gasteiger partial charge on any atom is 0.0672 e. The molecule has 2 fully saturated rings. The molecule has 0 saturated heterocycles. The molecule has 0 heterocycles. The third-order valence-electron chi connectivity index (χ3n) is 5.08. The van der Waals surface area contributed by atoms with Crippen molar-refractivity contribution < 1.29 is 0 Å². The topological polar surface area (TPSA) is 27.0 Å². The molecule has 0 amide bonds. The van der Waals surface area contributed by atoms with E-state index in [1.807, 2.05) is 0 Å². The van der Waals surface area contributed by atoms with Crippen molar-refractivity contribution in [1.82, 2.24) is 4.90 Å². The van der Waals surface area contributed by atoms with Gasteiger partial charge in [0.25, 0.3) is 0 Å². The summed E-state index contributed by atoms with van der Waals surface area (Å²) in [5, 5.41) is 9.45. The van der Waals surface area contributed by atoms with Gasteiger partial charge in [-0.05, 0) is 44.6 Å². The van der Waals surface area contributed by atoms with Crippen molar-refractivity contribution in [1.29, 1.82) is 5.26 Å². The fraction of sp³-hybridized carbons (Fsp3) is 0.941. The second-order valence-electron chi connectivity index (χ2n) is 6.95. The fourth-order valence-electron chi connectivity index (χ4n) is 3.92. The summed E-state index contributed by atoms with van der Waals surface area (Å²) < 4.78 is 0.